The van der Waals surface area contributed by atoms with Gasteiger partial charge in [-0.05, 0) is 31.1 Å². The molecular weight excluding hydrogens is 338 g/mol. The highest BCUT2D eigenvalue weighted by Gasteiger charge is 2.10. The summed E-state index contributed by atoms with van der Waals surface area (Å²) in [5.41, 5.74) is 1.04. The molecule has 6 nitrogen and oxygen atoms in total. The smallest absolute Gasteiger partial charge is 0.270 e. The lowest BCUT2D eigenvalue weighted by molar-refractivity contribution is -0.385. The van der Waals surface area contributed by atoms with Gasteiger partial charge in [0.05, 0.1) is 18.1 Å². The number of nitrogens with one attached hydrogen (secondary N) is 1. The number of non-ortho nitro benzene ring substituents is 1. The van der Waals surface area contributed by atoms with Crippen LogP contribution in [0.2, 0.25) is 0 Å². The van der Waals surface area contributed by atoms with Crippen molar-refractivity contribution in [2.45, 2.75) is 13.0 Å². The van der Waals surface area contributed by atoms with E-state index in [-0.39, 0.29) is 10.6 Å². The summed E-state index contributed by atoms with van der Waals surface area (Å²) in [6.45, 7) is 6.29. The summed E-state index contributed by atoms with van der Waals surface area (Å²) in [7, 11) is 0. The molecule has 0 radical (unpaired) electrons. The fourth-order valence-electron chi connectivity index (χ4n) is 2.33. The standard InChI is InChI=1S/C14H20BrN3O3/c15-13-8-12(9-14(10-13)18(19)20)11-16-2-1-3-17-4-6-21-7-5-17/h8-10,16H,1-7,11H2. The maximum atomic E-state index is 10.8. The highest BCUT2D eigenvalue weighted by molar-refractivity contribution is 9.10. The summed E-state index contributed by atoms with van der Waals surface area (Å²) < 4.78 is 6.05. The van der Waals surface area contributed by atoms with Crippen molar-refractivity contribution in [1.29, 1.82) is 0 Å². The summed E-state index contributed by atoms with van der Waals surface area (Å²) in [4.78, 5) is 12.8. The number of nitro benzene ring substituents is 1. The lowest BCUT2D eigenvalue weighted by atomic mass is 10.2. The van der Waals surface area contributed by atoms with E-state index in [4.69, 9.17) is 4.74 Å². The fraction of sp³-hybridized carbons (Fsp3) is 0.571. The average molecular weight is 358 g/mol. The molecule has 2 rings (SSSR count). The van der Waals surface area contributed by atoms with E-state index >= 15 is 0 Å². The first-order valence-electron chi connectivity index (χ1n) is 7.10. The van der Waals surface area contributed by atoms with Crippen LogP contribution >= 0.6 is 15.9 Å². The lowest BCUT2D eigenvalue weighted by Crippen LogP contribution is -2.37. The second kappa shape index (κ2) is 8.43. The summed E-state index contributed by atoms with van der Waals surface area (Å²) in [6.07, 6.45) is 1.07. The molecule has 1 aliphatic rings. The highest BCUT2D eigenvalue weighted by atomic mass is 79.9. The van der Waals surface area contributed by atoms with Crippen molar-refractivity contribution in [2.75, 3.05) is 39.4 Å². The Morgan fingerprint density at radius 1 is 1.33 bits per heavy atom. The van der Waals surface area contributed by atoms with E-state index in [9.17, 15) is 10.1 Å². The lowest BCUT2D eigenvalue weighted by Gasteiger charge is -2.26. The van der Waals surface area contributed by atoms with Crippen LogP contribution in [-0.2, 0) is 11.3 Å². The summed E-state index contributed by atoms with van der Waals surface area (Å²) >= 11 is 3.31. The third-order valence-electron chi connectivity index (χ3n) is 3.41. The predicted molar refractivity (Wildman–Crippen MR) is 84.4 cm³/mol. The van der Waals surface area contributed by atoms with E-state index in [1.165, 1.54) is 6.07 Å². The van der Waals surface area contributed by atoms with Crippen LogP contribution in [0.25, 0.3) is 0 Å². The zero-order valence-corrected chi connectivity index (χ0v) is 13.5. The van der Waals surface area contributed by atoms with E-state index < -0.39 is 0 Å². The van der Waals surface area contributed by atoms with Crippen LogP contribution in [0.5, 0.6) is 0 Å². The van der Waals surface area contributed by atoms with E-state index in [2.05, 4.69) is 26.1 Å². The molecule has 1 aromatic rings. The number of rotatable bonds is 7. The Balaban J connectivity index is 1.69. The molecule has 116 valence electrons. The number of nitro groups is 1. The van der Waals surface area contributed by atoms with Gasteiger partial charge in [0.1, 0.15) is 0 Å². The van der Waals surface area contributed by atoms with Crippen molar-refractivity contribution < 1.29 is 9.66 Å². The molecule has 0 saturated carbocycles. The van der Waals surface area contributed by atoms with E-state index in [1.54, 1.807) is 6.07 Å². The van der Waals surface area contributed by atoms with Gasteiger partial charge in [0.2, 0.25) is 0 Å². The monoisotopic (exact) mass is 357 g/mol. The first kappa shape index (κ1) is 16.4. The molecule has 0 aliphatic carbocycles. The molecule has 1 aromatic carbocycles. The SMILES string of the molecule is O=[N+]([O-])c1cc(Br)cc(CNCCCN2CCOCC2)c1. The van der Waals surface area contributed by atoms with Crippen molar-refractivity contribution in [3.05, 3.63) is 38.3 Å². The molecular formula is C14H20BrN3O3. The van der Waals surface area contributed by atoms with Crippen molar-refractivity contribution in [3.8, 4) is 0 Å². The van der Waals surface area contributed by atoms with Crippen molar-refractivity contribution in [2.24, 2.45) is 0 Å². The zero-order valence-electron chi connectivity index (χ0n) is 11.9. The Morgan fingerprint density at radius 3 is 2.81 bits per heavy atom. The van der Waals surface area contributed by atoms with Crippen LogP contribution in [-0.4, -0.2) is 49.2 Å². The Bertz CT molecular complexity index is 479. The minimum Gasteiger partial charge on any atom is -0.379 e. The maximum Gasteiger partial charge on any atom is 0.270 e. The zero-order chi connectivity index (χ0) is 15.1. The second-order valence-electron chi connectivity index (χ2n) is 5.06. The first-order chi connectivity index (χ1) is 10.1. The van der Waals surface area contributed by atoms with Gasteiger partial charge in [0.15, 0.2) is 0 Å². The van der Waals surface area contributed by atoms with Crippen LogP contribution in [0, 0.1) is 10.1 Å². The Morgan fingerprint density at radius 2 is 2.10 bits per heavy atom. The summed E-state index contributed by atoms with van der Waals surface area (Å²) in [6, 6.07) is 5.03. The third-order valence-corrected chi connectivity index (χ3v) is 3.87. The second-order valence-corrected chi connectivity index (χ2v) is 5.97. The van der Waals surface area contributed by atoms with Gasteiger partial charge in [0.25, 0.3) is 5.69 Å². The summed E-state index contributed by atoms with van der Waals surface area (Å²) in [5.74, 6) is 0. The van der Waals surface area contributed by atoms with E-state index in [0.717, 1.165) is 55.8 Å². The molecule has 0 atom stereocenters. The van der Waals surface area contributed by atoms with Crippen LogP contribution < -0.4 is 5.32 Å². The number of ether oxygens (including phenoxy) is 1. The Kier molecular flexibility index (Phi) is 6.56. The Hall–Kier alpha value is -1.02. The van der Waals surface area contributed by atoms with Crippen molar-refractivity contribution >= 4 is 21.6 Å². The molecule has 7 heteroatoms. The van der Waals surface area contributed by atoms with Gasteiger partial charge in [-0.15, -0.1) is 0 Å². The van der Waals surface area contributed by atoms with E-state index in [0.29, 0.717) is 6.54 Å². The van der Waals surface area contributed by atoms with Gasteiger partial charge >= 0.3 is 0 Å². The van der Waals surface area contributed by atoms with Gasteiger partial charge in [-0.1, -0.05) is 15.9 Å². The van der Waals surface area contributed by atoms with Gasteiger partial charge in [0, 0.05) is 36.2 Å². The number of morpholine rings is 1. The van der Waals surface area contributed by atoms with Gasteiger partial charge in [-0.25, -0.2) is 0 Å². The fourth-order valence-corrected chi connectivity index (χ4v) is 2.85. The molecule has 1 saturated heterocycles. The molecule has 0 aromatic heterocycles. The van der Waals surface area contributed by atoms with Crippen LogP contribution in [0.15, 0.2) is 22.7 Å². The van der Waals surface area contributed by atoms with Crippen molar-refractivity contribution in [3.63, 3.8) is 0 Å². The normalized spacial score (nSPS) is 16.0. The molecule has 1 N–H and O–H groups in total. The predicted octanol–water partition coefficient (Wildman–Crippen LogP) is 2.17. The average Bonchev–Trinajstić information content (AvgIpc) is 2.47. The number of benzene rings is 1. The van der Waals surface area contributed by atoms with Crippen LogP contribution in [0.4, 0.5) is 5.69 Å². The molecule has 0 amide bonds. The molecule has 1 fully saturated rings. The van der Waals surface area contributed by atoms with Crippen LogP contribution in [0.3, 0.4) is 0 Å². The first-order valence-corrected chi connectivity index (χ1v) is 7.89. The van der Waals surface area contributed by atoms with Gasteiger partial charge < -0.3 is 10.1 Å². The number of halogens is 1. The molecule has 1 aliphatic heterocycles. The number of hydrogen-bond acceptors (Lipinski definition) is 5. The number of hydrogen-bond donors (Lipinski definition) is 1. The maximum absolute atomic E-state index is 10.8. The molecule has 0 spiro atoms. The van der Waals surface area contributed by atoms with Gasteiger partial charge in [-0.3, -0.25) is 15.0 Å². The minimum atomic E-state index is -0.368. The molecule has 0 unspecified atom stereocenters. The molecule has 1 heterocycles. The molecule has 0 bridgehead atoms. The Labute approximate surface area is 132 Å². The topological polar surface area (TPSA) is 67.6 Å². The van der Waals surface area contributed by atoms with Crippen molar-refractivity contribution in [1.82, 2.24) is 10.2 Å². The highest BCUT2D eigenvalue weighted by Crippen LogP contribution is 2.21. The number of nitrogens with zero attached hydrogens (tertiary/aromatic N) is 2. The minimum absolute atomic E-state index is 0.120. The largest absolute Gasteiger partial charge is 0.379 e. The summed E-state index contributed by atoms with van der Waals surface area (Å²) in [5, 5.41) is 14.1. The van der Waals surface area contributed by atoms with Crippen LogP contribution in [0.1, 0.15) is 12.0 Å². The quantitative estimate of drug-likeness (QED) is 0.460. The molecule has 21 heavy (non-hydrogen) atoms. The third kappa shape index (κ3) is 5.70. The van der Waals surface area contributed by atoms with E-state index in [1.807, 2.05) is 6.07 Å². The van der Waals surface area contributed by atoms with Gasteiger partial charge in [-0.2, -0.15) is 0 Å².